The van der Waals surface area contributed by atoms with Crippen LogP contribution in [-0.2, 0) is 9.53 Å². The second kappa shape index (κ2) is 6.66. The van der Waals surface area contributed by atoms with Gasteiger partial charge in [-0.2, -0.15) is 0 Å². The number of ether oxygens (including phenoxy) is 1. The fourth-order valence-electron chi connectivity index (χ4n) is 0.972. The first-order valence-electron chi connectivity index (χ1n) is 4.67. The van der Waals surface area contributed by atoms with Gasteiger partial charge in [0, 0.05) is 6.61 Å². The Bertz CT molecular complexity index is 175. The quantitative estimate of drug-likeness (QED) is 0.490. The standard InChI is InChI=1S/C10H18O3/c1-4-6-7-13-9(5-2)8(3)10(11)12/h9H,3-7H2,1-2H3,(H,11,12). The Labute approximate surface area is 79.4 Å². The molecule has 0 aliphatic heterocycles. The minimum atomic E-state index is -0.969. The maximum Gasteiger partial charge on any atom is 0.333 e. The zero-order chi connectivity index (χ0) is 10.3. The van der Waals surface area contributed by atoms with Crippen molar-refractivity contribution in [2.45, 2.75) is 39.2 Å². The van der Waals surface area contributed by atoms with Gasteiger partial charge < -0.3 is 9.84 Å². The van der Waals surface area contributed by atoms with Crippen LogP contribution in [0.1, 0.15) is 33.1 Å². The van der Waals surface area contributed by atoms with Gasteiger partial charge in [0.25, 0.3) is 0 Å². The van der Waals surface area contributed by atoms with E-state index in [-0.39, 0.29) is 11.7 Å². The van der Waals surface area contributed by atoms with Gasteiger partial charge in [0.2, 0.25) is 0 Å². The van der Waals surface area contributed by atoms with Gasteiger partial charge in [0.05, 0.1) is 11.7 Å². The Kier molecular flexibility index (Phi) is 6.24. The summed E-state index contributed by atoms with van der Waals surface area (Å²) in [6, 6.07) is 0. The largest absolute Gasteiger partial charge is 0.478 e. The molecule has 3 nitrogen and oxygen atoms in total. The molecule has 0 bridgehead atoms. The highest BCUT2D eigenvalue weighted by molar-refractivity contribution is 5.86. The zero-order valence-electron chi connectivity index (χ0n) is 8.38. The van der Waals surface area contributed by atoms with Crippen molar-refractivity contribution < 1.29 is 14.6 Å². The maximum absolute atomic E-state index is 10.6. The molecule has 0 aromatic carbocycles. The average Bonchev–Trinajstić information content (AvgIpc) is 2.11. The van der Waals surface area contributed by atoms with Crippen molar-refractivity contribution in [1.82, 2.24) is 0 Å². The van der Waals surface area contributed by atoms with Crippen molar-refractivity contribution in [3.05, 3.63) is 12.2 Å². The second-order valence-corrected chi connectivity index (χ2v) is 2.95. The molecule has 0 amide bonds. The second-order valence-electron chi connectivity index (χ2n) is 2.95. The number of rotatable bonds is 7. The third kappa shape index (κ3) is 4.68. The summed E-state index contributed by atoms with van der Waals surface area (Å²) in [6.07, 6.45) is 2.35. The van der Waals surface area contributed by atoms with Crippen LogP contribution in [0, 0.1) is 0 Å². The molecule has 0 aromatic rings. The highest BCUT2D eigenvalue weighted by Crippen LogP contribution is 2.09. The summed E-state index contributed by atoms with van der Waals surface area (Å²) in [7, 11) is 0. The molecule has 0 rings (SSSR count). The van der Waals surface area contributed by atoms with Crippen molar-refractivity contribution in [3.8, 4) is 0 Å². The van der Waals surface area contributed by atoms with Gasteiger partial charge >= 0.3 is 5.97 Å². The van der Waals surface area contributed by atoms with E-state index in [0.717, 1.165) is 12.8 Å². The van der Waals surface area contributed by atoms with Crippen LogP contribution >= 0.6 is 0 Å². The van der Waals surface area contributed by atoms with E-state index in [0.29, 0.717) is 13.0 Å². The number of hydrogen-bond donors (Lipinski definition) is 1. The van der Waals surface area contributed by atoms with E-state index < -0.39 is 5.97 Å². The molecular weight excluding hydrogens is 168 g/mol. The lowest BCUT2D eigenvalue weighted by Gasteiger charge is -2.15. The smallest absolute Gasteiger partial charge is 0.333 e. The number of aliphatic carboxylic acids is 1. The molecule has 0 saturated carbocycles. The average molecular weight is 186 g/mol. The molecule has 0 heterocycles. The van der Waals surface area contributed by atoms with Gasteiger partial charge in [-0.1, -0.05) is 26.8 Å². The third-order valence-corrected chi connectivity index (χ3v) is 1.85. The fourth-order valence-corrected chi connectivity index (χ4v) is 0.972. The van der Waals surface area contributed by atoms with E-state index in [1.807, 2.05) is 6.92 Å². The summed E-state index contributed by atoms with van der Waals surface area (Å²) in [5.41, 5.74) is 0.151. The predicted molar refractivity (Wildman–Crippen MR) is 51.7 cm³/mol. The Morgan fingerprint density at radius 1 is 1.54 bits per heavy atom. The van der Waals surface area contributed by atoms with Crippen molar-refractivity contribution >= 4 is 5.97 Å². The molecule has 1 unspecified atom stereocenters. The summed E-state index contributed by atoms with van der Waals surface area (Å²) in [5, 5.41) is 8.66. The van der Waals surface area contributed by atoms with E-state index in [4.69, 9.17) is 9.84 Å². The SMILES string of the molecule is C=C(C(=O)O)C(CC)OCCCC. The summed E-state index contributed by atoms with van der Waals surface area (Å²) >= 11 is 0. The number of carbonyl (C=O) groups is 1. The number of carboxylic acid groups (broad SMARTS) is 1. The first-order valence-corrected chi connectivity index (χ1v) is 4.67. The van der Waals surface area contributed by atoms with Crippen LogP contribution in [0.2, 0.25) is 0 Å². The Hall–Kier alpha value is -0.830. The van der Waals surface area contributed by atoms with E-state index in [2.05, 4.69) is 13.5 Å². The molecule has 0 fully saturated rings. The molecule has 0 aliphatic carbocycles. The number of hydrogen-bond acceptors (Lipinski definition) is 2. The minimum absolute atomic E-state index is 0.151. The number of carboxylic acids is 1. The molecule has 0 aromatic heterocycles. The molecule has 1 N–H and O–H groups in total. The van der Waals surface area contributed by atoms with E-state index in [9.17, 15) is 4.79 Å². The van der Waals surface area contributed by atoms with Crippen LogP contribution in [0.3, 0.4) is 0 Å². The van der Waals surface area contributed by atoms with Gasteiger partial charge in [-0.25, -0.2) is 4.79 Å². The van der Waals surface area contributed by atoms with Crippen molar-refractivity contribution in [2.75, 3.05) is 6.61 Å². The van der Waals surface area contributed by atoms with Crippen molar-refractivity contribution in [1.29, 1.82) is 0 Å². The van der Waals surface area contributed by atoms with Crippen LogP contribution in [0.4, 0.5) is 0 Å². The lowest BCUT2D eigenvalue weighted by atomic mass is 10.1. The van der Waals surface area contributed by atoms with Gasteiger partial charge in [-0.3, -0.25) is 0 Å². The summed E-state index contributed by atoms with van der Waals surface area (Å²) in [4.78, 5) is 10.6. The molecule has 0 saturated heterocycles. The third-order valence-electron chi connectivity index (χ3n) is 1.85. The Balaban J connectivity index is 3.88. The van der Waals surface area contributed by atoms with Gasteiger partial charge in [0.1, 0.15) is 0 Å². The van der Waals surface area contributed by atoms with Crippen molar-refractivity contribution in [3.63, 3.8) is 0 Å². The highest BCUT2D eigenvalue weighted by Gasteiger charge is 2.16. The molecule has 76 valence electrons. The summed E-state index contributed by atoms with van der Waals surface area (Å²) < 4.78 is 5.37. The topological polar surface area (TPSA) is 46.5 Å². The zero-order valence-corrected chi connectivity index (χ0v) is 8.38. The lowest BCUT2D eigenvalue weighted by molar-refractivity contribution is -0.134. The minimum Gasteiger partial charge on any atom is -0.478 e. The highest BCUT2D eigenvalue weighted by atomic mass is 16.5. The van der Waals surface area contributed by atoms with E-state index in [1.165, 1.54) is 0 Å². The monoisotopic (exact) mass is 186 g/mol. The number of unbranched alkanes of at least 4 members (excludes halogenated alkanes) is 1. The molecule has 0 radical (unpaired) electrons. The molecule has 3 heteroatoms. The van der Waals surface area contributed by atoms with Crippen LogP contribution in [0.5, 0.6) is 0 Å². The summed E-state index contributed by atoms with van der Waals surface area (Å²) in [6.45, 7) is 8.05. The Morgan fingerprint density at radius 3 is 2.54 bits per heavy atom. The van der Waals surface area contributed by atoms with Crippen LogP contribution < -0.4 is 0 Å². The maximum atomic E-state index is 10.6. The van der Waals surface area contributed by atoms with Crippen LogP contribution in [-0.4, -0.2) is 23.8 Å². The Morgan fingerprint density at radius 2 is 2.15 bits per heavy atom. The van der Waals surface area contributed by atoms with Gasteiger partial charge in [-0.05, 0) is 12.8 Å². The molecule has 13 heavy (non-hydrogen) atoms. The van der Waals surface area contributed by atoms with Crippen LogP contribution in [0.25, 0.3) is 0 Å². The molecule has 0 aliphatic rings. The summed E-state index contributed by atoms with van der Waals surface area (Å²) in [5.74, 6) is -0.969. The molecular formula is C10H18O3. The van der Waals surface area contributed by atoms with Crippen LogP contribution in [0.15, 0.2) is 12.2 Å². The normalized spacial score (nSPS) is 12.5. The fraction of sp³-hybridized carbons (Fsp3) is 0.700. The first-order chi connectivity index (χ1) is 6.13. The van der Waals surface area contributed by atoms with E-state index >= 15 is 0 Å². The van der Waals surface area contributed by atoms with Crippen molar-refractivity contribution in [2.24, 2.45) is 0 Å². The first kappa shape index (κ1) is 12.2. The lowest BCUT2D eigenvalue weighted by Crippen LogP contribution is -2.20. The molecule has 1 atom stereocenters. The molecule has 0 spiro atoms. The predicted octanol–water partition coefficient (Wildman–Crippen LogP) is 2.22. The van der Waals surface area contributed by atoms with Gasteiger partial charge in [0.15, 0.2) is 0 Å². The van der Waals surface area contributed by atoms with Gasteiger partial charge in [-0.15, -0.1) is 0 Å². The van der Waals surface area contributed by atoms with E-state index in [1.54, 1.807) is 0 Å².